The molecule has 112 valence electrons. The summed E-state index contributed by atoms with van der Waals surface area (Å²) in [7, 11) is 0. The van der Waals surface area contributed by atoms with Gasteiger partial charge in [0.25, 0.3) is 0 Å². The summed E-state index contributed by atoms with van der Waals surface area (Å²) in [5.74, 6) is 1.26. The number of benzene rings is 1. The molecule has 0 amide bonds. The zero-order valence-electron chi connectivity index (χ0n) is 12.2. The maximum atomic E-state index is 9.40. The van der Waals surface area contributed by atoms with Crippen molar-refractivity contribution in [3.05, 3.63) is 29.8 Å². The van der Waals surface area contributed by atoms with Crippen LogP contribution in [0.25, 0.3) is 0 Å². The van der Waals surface area contributed by atoms with Crippen molar-refractivity contribution in [2.45, 2.75) is 38.3 Å². The average molecular weight is 278 g/mol. The quantitative estimate of drug-likeness (QED) is 0.712. The molecule has 0 radical (unpaired) electrons. The zero-order chi connectivity index (χ0) is 14.4. The molecule has 4 heteroatoms. The van der Waals surface area contributed by atoms with E-state index in [9.17, 15) is 5.11 Å². The van der Waals surface area contributed by atoms with Crippen LogP contribution in [-0.2, 0) is 0 Å². The van der Waals surface area contributed by atoms with Gasteiger partial charge in [-0.15, -0.1) is 0 Å². The first-order valence-electron chi connectivity index (χ1n) is 7.58. The van der Waals surface area contributed by atoms with E-state index in [0.29, 0.717) is 25.1 Å². The van der Waals surface area contributed by atoms with Crippen LogP contribution in [0.2, 0.25) is 0 Å². The van der Waals surface area contributed by atoms with Crippen molar-refractivity contribution in [2.75, 3.05) is 19.8 Å². The third-order valence-corrected chi connectivity index (χ3v) is 4.14. The van der Waals surface area contributed by atoms with Gasteiger partial charge in [0.05, 0.1) is 6.61 Å². The zero-order valence-corrected chi connectivity index (χ0v) is 12.2. The van der Waals surface area contributed by atoms with Crippen LogP contribution in [-0.4, -0.2) is 30.9 Å². The number of nitrogens with one attached hydrogen (secondary N) is 1. The van der Waals surface area contributed by atoms with Crippen LogP contribution in [0.15, 0.2) is 24.3 Å². The van der Waals surface area contributed by atoms with Gasteiger partial charge in [-0.1, -0.05) is 18.6 Å². The molecule has 0 aliphatic heterocycles. The lowest BCUT2D eigenvalue weighted by Crippen LogP contribution is -2.39. The van der Waals surface area contributed by atoms with Gasteiger partial charge in [0.2, 0.25) is 0 Å². The Hall–Kier alpha value is -1.10. The molecule has 1 aromatic carbocycles. The third kappa shape index (κ3) is 3.72. The number of aliphatic hydroxyl groups is 1. The van der Waals surface area contributed by atoms with E-state index in [1.165, 1.54) is 12.0 Å². The molecule has 1 fully saturated rings. The lowest BCUT2D eigenvalue weighted by atomic mass is 10.0. The van der Waals surface area contributed by atoms with Crippen LogP contribution >= 0.6 is 0 Å². The molecule has 4 nitrogen and oxygen atoms in total. The van der Waals surface area contributed by atoms with Gasteiger partial charge in [-0.05, 0) is 43.4 Å². The Morgan fingerprint density at radius 2 is 2.10 bits per heavy atom. The molecule has 2 rings (SSSR count). The molecule has 0 heterocycles. The SMILES string of the molecule is CCOc1ccc(C(CN)NC2CCCC2CO)cc1. The lowest BCUT2D eigenvalue weighted by Gasteiger charge is -2.26. The van der Waals surface area contributed by atoms with Crippen molar-refractivity contribution in [3.8, 4) is 5.75 Å². The first-order chi connectivity index (χ1) is 9.78. The lowest BCUT2D eigenvalue weighted by molar-refractivity contribution is 0.200. The molecule has 1 saturated carbocycles. The van der Waals surface area contributed by atoms with Crippen molar-refractivity contribution in [1.29, 1.82) is 0 Å². The van der Waals surface area contributed by atoms with Crippen LogP contribution in [0.4, 0.5) is 0 Å². The van der Waals surface area contributed by atoms with Gasteiger partial charge in [0.1, 0.15) is 5.75 Å². The van der Waals surface area contributed by atoms with Crippen molar-refractivity contribution in [3.63, 3.8) is 0 Å². The van der Waals surface area contributed by atoms with Crippen molar-refractivity contribution >= 4 is 0 Å². The average Bonchev–Trinajstić information content (AvgIpc) is 2.93. The van der Waals surface area contributed by atoms with E-state index in [0.717, 1.165) is 18.6 Å². The van der Waals surface area contributed by atoms with Gasteiger partial charge >= 0.3 is 0 Å². The predicted octanol–water partition coefficient (Wildman–Crippen LogP) is 1.84. The first-order valence-corrected chi connectivity index (χ1v) is 7.58. The van der Waals surface area contributed by atoms with Crippen molar-refractivity contribution < 1.29 is 9.84 Å². The minimum Gasteiger partial charge on any atom is -0.494 e. The molecule has 0 saturated heterocycles. The summed E-state index contributed by atoms with van der Waals surface area (Å²) in [6.45, 7) is 3.48. The van der Waals surface area contributed by atoms with Crippen LogP contribution < -0.4 is 15.8 Å². The van der Waals surface area contributed by atoms with Crippen LogP contribution in [0, 0.1) is 5.92 Å². The molecule has 3 atom stereocenters. The third-order valence-electron chi connectivity index (χ3n) is 4.14. The summed E-state index contributed by atoms with van der Waals surface area (Å²) in [5, 5.41) is 13.0. The number of hydrogen-bond donors (Lipinski definition) is 3. The predicted molar refractivity (Wildman–Crippen MR) is 80.8 cm³/mol. The highest BCUT2D eigenvalue weighted by molar-refractivity contribution is 5.29. The molecule has 1 aromatic rings. The Kier molecular flexibility index (Phi) is 5.83. The van der Waals surface area contributed by atoms with Crippen molar-refractivity contribution in [1.82, 2.24) is 5.32 Å². The van der Waals surface area contributed by atoms with Crippen LogP contribution in [0.1, 0.15) is 37.8 Å². The number of aliphatic hydroxyl groups excluding tert-OH is 1. The Balaban J connectivity index is 2.00. The highest BCUT2D eigenvalue weighted by Crippen LogP contribution is 2.27. The van der Waals surface area contributed by atoms with Gasteiger partial charge < -0.3 is 20.9 Å². The van der Waals surface area contributed by atoms with E-state index in [4.69, 9.17) is 10.5 Å². The maximum Gasteiger partial charge on any atom is 0.119 e. The molecule has 0 spiro atoms. The summed E-state index contributed by atoms with van der Waals surface area (Å²) in [6, 6.07) is 8.63. The van der Waals surface area contributed by atoms with E-state index in [-0.39, 0.29) is 12.6 Å². The Bertz CT molecular complexity index is 394. The Labute approximate surface area is 121 Å². The monoisotopic (exact) mass is 278 g/mol. The van der Waals surface area contributed by atoms with Gasteiger partial charge in [-0.3, -0.25) is 0 Å². The van der Waals surface area contributed by atoms with Crippen molar-refractivity contribution in [2.24, 2.45) is 11.7 Å². The Morgan fingerprint density at radius 1 is 1.35 bits per heavy atom. The topological polar surface area (TPSA) is 67.5 Å². The molecular weight excluding hydrogens is 252 g/mol. The summed E-state index contributed by atoms with van der Waals surface area (Å²) in [5.41, 5.74) is 7.09. The maximum absolute atomic E-state index is 9.40. The second kappa shape index (κ2) is 7.62. The van der Waals surface area contributed by atoms with E-state index in [2.05, 4.69) is 17.4 Å². The van der Waals surface area contributed by atoms with Crippen LogP contribution in [0.5, 0.6) is 5.75 Å². The van der Waals surface area contributed by atoms with Gasteiger partial charge in [0, 0.05) is 25.2 Å². The molecule has 3 unspecified atom stereocenters. The smallest absolute Gasteiger partial charge is 0.119 e. The highest BCUT2D eigenvalue weighted by atomic mass is 16.5. The Morgan fingerprint density at radius 3 is 2.70 bits per heavy atom. The number of nitrogens with two attached hydrogens (primary N) is 1. The number of hydrogen-bond acceptors (Lipinski definition) is 4. The fraction of sp³-hybridized carbons (Fsp3) is 0.625. The largest absolute Gasteiger partial charge is 0.494 e. The van der Waals surface area contributed by atoms with Gasteiger partial charge in [-0.2, -0.15) is 0 Å². The van der Waals surface area contributed by atoms with Gasteiger partial charge in [-0.25, -0.2) is 0 Å². The second-order valence-corrected chi connectivity index (χ2v) is 5.44. The minimum absolute atomic E-state index is 0.142. The molecule has 4 N–H and O–H groups in total. The molecule has 20 heavy (non-hydrogen) atoms. The minimum atomic E-state index is 0.142. The fourth-order valence-electron chi connectivity index (χ4n) is 3.00. The molecule has 0 aromatic heterocycles. The second-order valence-electron chi connectivity index (χ2n) is 5.44. The standard InChI is InChI=1S/C16H26N2O2/c1-2-20-14-8-6-12(7-9-14)16(10-17)18-15-5-3-4-13(15)11-19/h6-9,13,15-16,18-19H,2-5,10-11,17H2,1H3. The van der Waals surface area contributed by atoms with E-state index in [1.54, 1.807) is 0 Å². The highest BCUT2D eigenvalue weighted by Gasteiger charge is 2.28. The molecule has 1 aliphatic rings. The summed E-state index contributed by atoms with van der Waals surface area (Å²) in [4.78, 5) is 0. The number of ether oxygens (including phenoxy) is 1. The fourth-order valence-corrected chi connectivity index (χ4v) is 3.00. The summed E-state index contributed by atoms with van der Waals surface area (Å²) >= 11 is 0. The first kappa shape index (κ1) is 15.3. The van der Waals surface area contributed by atoms with Crippen LogP contribution in [0.3, 0.4) is 0 Å². The molecule has 1 aliphatic carbocycles. The molecule has 0 bridgehead atoms. The van der Waals surface area contributed by atoms with E-state index < -0.39 is 0 Å². The summed E-state index contributed by atoms with van der Waals surface area (Å²) < 4.78 is 5.46. The number of rotatable bonds is 7. The molecular formula is C16H26N2O2. The van der Waals surface area contributed by atoms with E-state index in [1.807, 2.05) is 19.1 Å². The normalized spacial score (nSPS) is 23.8. The van der Waals surface area contributed by atoms with E-state index >= 15 is 0 Å². The van der Waals surface area contributed by atoms with Gasteiger partial charge in [0.15, 0.2) is 0 Å². The summed E-state index contributed by atoms with van der Waals surface area (Å²) in [6.07, 6.45) is 3.41.